The fraction of sp³-hybridized carbons (Fsp3) is 0.333. The molecule has 0 amide bonds. The van der Waals surface area contributed by atoms with Crippen molar-refractivity contribution in [3.63, 3.8) is 0 Å². The largest absolute Gasteiger partial charge is 0.496 e. The first kappa shape index (κ1) is 15.4. The summed E-state index contributed by atoms with van der Waals surface area (Å²) < 4.78 is 5.49. The fourth-order valence-corrected chi connectivity index (χ4v) is 2.44. The molecule has 0 aromatic heterocycles. The quantitative estimate of drug-likeness (QED) is 0.878. The van der Waals surface area contributed by atoms with Crippen molar-refractivity contribution in [2.45, 2.75) is 26.4 Å². The summed E-state index contributed by atoms with van der Waals surface area (Å²) in [7, 11) is 1.71. The highest BCUT2D eigenvalue weighted by Crippen LogP contribution is 2.26. The molecule has 3 heteroatoms. The lowest BCUT2D eigenvalue weighted by Crippen LogP contribution is -2.22. The van der Waals surface area contributed by atoms with Gasteiger partial charge in [0.2, 0.25) is 0 Å². The molecule has 2 aromatic carbocycles. The van der Waals surface area contributed by atoms with Crippen molar-refractivity contribution in [1.29, 1.82) is 0 Å². The normalized spacial score (nSPS) is 12.0. The summed E-state index contributed by atoms with van der Waals surface area (Å²) in [6, 6.07) is 16.6. The van der Waals surface area contributed by atoms with E-state index in [0.29, 0.717) is 0 Å². The predicted octanol–water partition coefficient (Wildman–Crippen LogP) is 3.74. The minimum atomic E-state index is 0.0291. The van der Waals surface area contributed by atoms with Crippen LogP contribution in [0.3, 0.4) is 0 Å². The van der Waals surface area contributed by atoms with Gasteiger partial charge >= 0.3 is 0 Å². The predicted molar refractivity (Wildman–Crippen MR) is 88.8 cm³/mol. The molecule has 112 valence electrons. The van der Waals surface area contributed by atoms with Crippen LogP contribution in [0.25, 0.3) is 0 Å². The number of nitrogens with zero attached hydrogens (tertiary/aromatic N) is 1. The van der Waals surface area contributed by atoms with Crippen molar-refractivity contribution in [3.8, 4) is 5.75 Å². The number of anilines is 1. The Morgan fingerprint density at radius 3 is 2.43 bits per heavy atom. The molecule has 0 saturated heterocycles. The van der Waals surface area contributed by atoms with Gasteiger partial charge in [0.1, 0.15) is 5.75 Å². The Kier molecular flexibility index (Phi) is 5.23. The summed E-state index contributed by atoms with van der Waals surface area (Å²) in [5.74, 6) is 0.911. The van der Waals surface area contributed by atoms with E-state index >= 15 is 0 Å². The Morgan fingerprint density at radius 1 is 1.14 bits per heavy atom. The highest BCUT2D eigenvalue weighted by atomic mass is 16.5. The third kappa shape index (κ3) is 3.76. The van der Waals surface area contributed by atoms with Gasteiger partial charge in [0.25, 0.3) is 0 Å². The van der Waals surface area contributed by atoms with Crippen LogP contribution in [0.5, 0.6) is 5.75 Å². The lowest BCUT2D eigenvalue weighted by atomic mass is 10.0. The molecule has 0 fully saturated rings. The zero-order valence-corrected chi connectivity index (χ0v) is 13.0. The van der Waals surface area contributed by atoms with E-state index in [1.807, 2.05) is 25.1 Å². The van der Waals surface area contributed by atoms with Gasteiger partial charge in [-0.2, -0.15) is 0 Å². The average molecular weight is 284 g/mol. The topological polar surface area (TPSA) is 38.5 Å². The molecule has 0 spiro atoms. The first-order valence-electron chi connectivity index (χ1n) is 7.38. The summed E-state index contributed by atoms with van der Waals surface area (Å²) in [6.07, 6.45) is 0. The first-order chi connectivity index (χ1) is 10.2. The standard InChI is InChI=1S/C18H24N2O/c1-4-20(17-8-6-5-7-9-17)13-16-12-15(14(2)19)10-11-18(16)21-3/h5-12,14H,4,13,19H2,1-3H3. The van der Waals surface area contributed by atoms with E-state index in [9.17, 15) is 0 Å². The zero-order valence-electron chi connectivity index (χ0n) is 13.0. The van der Waals surface area contributed by atoms with Crippen LogP contribution < -0.4 is 15.4 Å². The average Bonchev–Trinajstić information content (AvgIpc) is 2.53. The van der Waals surface area contributed by atoms with Crippen LogP contribution in [0.1, 0.15) is 31.0 Å². The molecule has 1 atom stereocenters. The number of ether oxygens (including phenoxy) is 1. The summed E-state index contributed by atoms with van der Waals surface area (Å²) in [4.78, 5) is 2.32. The van der Waals surface area contributed by atoms with Crippen LogP contribution in [0.4, 0.5) is 5.69 Å². The molecule has 0 aliphatic rings. The Balaban J connectivity index is 2.30. The summed E-state index contributed by atoms with van der Waals surface area (Å²) in [6.45, 7) is 5.91. The van der Waals surface area contributed by atoms with Crippen molar-refractivity contribution >= 4 is 5.69 Å². The lowest BCUT2D eigenvalue weighted by Gasteiger charge is -2.24. The van der Waals surface area contributed by atoms with Crippen LogP contribution in [0.2, 0.25) is 0 Å². The molecule has 3 nitrogen and oxygen atoms in total. The van der Waals surface area contributed by atoms with Crippen LogP contribution >= 0.6 is 0 Å². The summed E-state index contributed by atoms with van der Waals surface area (Å²) in [5.41, 5.74) is 9.51. The molecule has 21 heavy (non-hydrogen) atoms. The van der Waals surface area contributed by atoms with Crippen LogP contribution in [0, 0.1) is 0 Å². The Hall–Kier alpha value is -2.00. The molecule has 2 N–H and O–H groups in total. The molecular weight excluding hydrogens is 260 g/mol. The molecule has 2 aromatic rings. The highest BCUT2D eigenvalue weighted by molar-refractivity contribution is 5.48. The van der Waals surface area contributed by atoms with Gasteiger partial charge in [0, 0.05) is 30.4 Å². The van der Waals surface area contributed by atoms with Gasteiger partial charge in [-0.1, -0.05) is 24.3 Å². The van der Waals surface area contributed by atoms with E-state index in [1.54, 1.807) is 7.11 Å². The number of hydrogen-bond acceptors (Lipinski definition) is 3. The molecule has 0 radical (unpaired) electrons. The molecule has 0 aliphatic carbocycles. The highest BCUT2D eigenvalue weighted by Gasteiger charge is 2.11. The minimum Gasteiger partial charge on any atom is -0.496 e. The van der Waals surface area contributed by atoms with Crippen LogP contribution in [0.15, 0.2) is 48.5 Å². The van der Waals surface area contributed by atoms with Crippen molar-refractivity contribution < 1.29 is 4.74 Å². The van der Waals surface area contributed by atoms with E-state index in [1.165, 1.54) is 5.69 Å². The molecule has 0 saturated carbocycles. The second kappa shape index (κ2) is 7.14. The lowest BCUT2D eigenvalue weighted by molar-refractivity contribution is 0.409. The Morgan fingerprint density at radius 2 is 1.86 bits per heavy atom. The van der Waals surface area contributed by atoms with E-state index in [0.717, 1.165) is 30.0 Å². The molecule has 2 rings (SSSR count). The van der Waals surface area contributed by atoms with Gasteiger partial charge in [0.15, 0.2) is 0 Å². The fourth-order valence-electron chi connectivity index (χ4n) is 2.44. The second-order valence-corrected chi connectivity index (χ2v) is 5.21. The van der Waals surface area contributed by atoms with Gasteiger partial charge in [-0.25, -0.2) is 0 Å². The van der Waals surface area contributed by atoms with Gasteiger partial charge in [-0.05, 0) is 43.7 Å². The Bertz CT molecular complexity index is 567. The van der Waals surface area contributed by atoms with Crippen molar-refractivity contribution in [3.05, 3.63) is 59.7 Å². The van der Waals surface area contributed by atoms with Gasteiger partial charge in [-0.15, -0.1) is 0 Å². The number of benzene rings is 2. The zero-order chi connectivity index (χ0) is 15.2. The number of hydrogen-bond donors (Lipinski definition) is 1. The van der Waals surface area contributed by atoms with Crippen molar-refractivity contribution in [2.24, 2.45) is 5.73 Å². The number of methoxy groups -OCH3 is 1. The van der Waals surface area contributed by atoms with Crippen LogP contribution in [-0.2, 0) is 6.54 Å². The second-order valence-electron chi connectivity index (χ2n) is 5.21. The first-order valence-corrected chi connectivity index (χ1v) is 7.38. The monoisotopic (exact) mass is 284 g/mol. The van der Waals surface area contributed by atoms with E-state index in [4.69, 9.17) is 10.5 Å². The van der Waals surface area contributed by atoms with Crippen molar-refractivity contribution in [2.75, 3.05) is 18.6 Å². The van der Waals surface area contributed by atoms with E-state index < -0.39 is 0 Å². The number of rotatable bonds is 6. The van der Waals surface area contributed by atoms with Gasteiger partial charge in [0.05, 0.1) is 7.11 Å². The van der Waals surface area contributed by atoms with Crippen molar-refractivity contribution in [1.82, 2.24) is 0 Å². The molecular formula is C18H24N2O. The Labute approximate surface area is 127 Å². The third-order valence-electron chi connectivity index (χ3n) is 3.69. The smallest absolute Gasteiger partial charge is 0.123 e. The third-order valence-corrected chi connectivity index (χ3v) is 3.69. The van der Waals surface area contributed by atoms with Gasteiger partial charge in [-0.3, -0.25) is 0 Å². The minimum absolute atomic E-state index is 0.0291. The molecule has 0 bridgehead atoms. The molecule has 0 aliphatic heterocycles. The summed E-state index contributed by atoms with van der Waals surface area (Å²) in [5, 5.41) is 0. The van der Waals surface area contributed by atoms with Gasteiger partial charge < -0.3 is 15.4 Å². The van der Waals surface area contributed by atoms with Crippen LogP contribution in [-0.4, -0.2) is 13.7 Å². The molecule has 1 unspecified atom stereocenters. The van der Waals surface area contributed by atoms with E-state index in [2.05, 4.69) is 42.2 Å². The molecule has 0 heterocycles. The maximum Gasteiger partial charge on any atom is 0.123 e. The maximum atomic E-state index is 5.99. The van der Waals surface area contributed by atoms with E-state index in [-0.39, 0.29) is 6.04 Å². The maximum absolute atomic E-state index is 5.99. The number of para-hydroxylation sites is 1. The SMILES string of the molecule is CCN(Cc1cc(C(C)N)ccc1OC)c1ccccc1. The number of nitrogens with two attached hydrogens (primary N) is 1. The summed E-state index contributed by atoms with van der Waals surface area (Å²) >= 11 is 0.